The molecule has 0 atom stereocenters. The Kier molecular flexibility index (Phi) is 5.52. The van der Waals surface area contributed by atoms with Crippen LogP contribution in [-0.4, -0.2) is 24.5 Å². The van der Waals surface area contributed by atoms with Gasteiger partial charge in [0.25, 0.3) is 0 Å². The molecular weight excluding hydrogens is 285 g/mol. The third kappa shape index (κ3) is 5.49. The average Bonchev–Trinajstić information content (AvgIpc) is 2.40. The Morgan fingerprint density at radius 3 is 1.95 bits per heavy atom. The molecule has 3 nitrogen and oxygen atoms in total. The van der Waals surface area contributed by atoms with Crippen LogP contribution in [-0.2, 0) is 14.3 Å². The molecule has 0 aromatic heterocycles. The van der Waals surface area contributed by atoms with Crippen LogP contribution in [0.25, 0.3) is 0 Å². The van der Waals surface area contributed by atoms with Gasteiger partial charge in [0, 0.05) is 0 Å². The Bertz CT molecular complexity index is 341. The molecule has 21 heavy (non-hydrogen) atoms. The fourth-order valence-electron chi connectivity index (χ4n) is 3.21. The number of ether oxygens (including phenoxy) is 2. The first-order valence-electron chi connectivity index (χ1n) is 7.78. The van der Waals surface area contributed by atoms with Crippen molar-refractivity contribution in [2.45, 2.75) is 76.9 Å². The van der Waals surface area contributed by atoms with Crippen molar-refractivity contribution >= 4 is 5.97 Å². The predicted molar refractivity (Wildman–Crippen MR) is 70.4 cm³/mol. The van der Waals surface area contributed by atoms with Crippen molar-refractivity contribution in [1.29, 1.82) is 0 Å². The second-order valence-corrected chi connectivity index (χ2v) is 6.36. The van der Waals surface area contributed by atoms with E-state index < -0.39 is 12.5 Å². The van der Waals surface area contributed by atoms with E-state index in [0.717, 1.165) is 25.7 Å². The summed E-state index contributed by atoms with van der Waals surface area (Å²) < 4.78 is 45.8. The van der Waals surface area contributed by atoms with Crippen LogP contribution in [0.3, 0.4) is 0 Å². The minimum atomic E-state index is -4.58. The monoisotopic (exact) mass is 308 g/mol. The standard InChI is InChI=1S/C15H23F3O3/c1-10-2-4-11(5-3-10)14(19)20-12-6-8-13(9-7-12)21-15(16,17)18/h10-13H,2-9H2,1H3. The largest absolute Gasteiger partial charge is 0.522 e. The molecule has 0 unspecified atom stereocenters. The molecule has 6 heteroatoms. The maximum absolute atomic E-state index is 12.1. The summed E-state index contributed by atoms with van der Waals surface area (Å²) >= 11 is 0. The van der Waals surface area contributed by atoms with Crippen LogP contribution < -0.4 is 0 Å². The van der Waals surface area contributed by atoms with E-state index in [9.17, 15) is 18.0 Å². The average molecular weight is 308 g/mol. The number of carbonyl (C=O) groups is 1. The zero-order valence-corrected chi connectivity index (χ0v) is 12.3. The van der Waals surface area contributed by atoms with E-state index in [1.807, 2.05) is 0 Å². The first-order chi connectivity index (χ1) is 9.83. The van der Waals surface area contributed by atoms with E-state index in [2.05, 4.69) is 11.7 Å². The van der Waals surface area contributed by atoms with E-state index in [0.29, 0.717) is 31.6 Å². The Hall–Kier alpha value is -0.780. The van der Waals surface area contributed by atoms with Crippen molar-refractivity contribution in [3.8, 4) is 0 Å². The van der Waals surface area contributed by atoms with E-state index >= 15 is 0 Å². The number of halogens is 3. The van der Waals surface area contributed by atoms with Gasteiger partial charge in [-0.25, -0.2) is 0 Å². The number of alkyl halides is 3. The normalized spacial score (nSPS) is 34.5. The number of hydrogen-bond acceptors (Lipinski definition) is 3. The van der Waals surface area contributed by atoms with E-state index in [4.69, 9.17) is 4.74 Å². The molecule has 0 bridgehead atoms. The Morgan fingerprint density at radius 1 is 0.905 bits per heavy atom. The Labute approximate surface area is 123 Å². The molecule has 2 fully saturated rings. The molecular formula is C15H23F3O3. The quantitative estimate of drug-likeness (QED) is 0.733. The number of rotatable bonds is 3. The first-order valence-corrected chi connectivity index (χ1v) is 7.78. The van der Waals surface area contributed by atoms with E-state index in [-0.39, 0.29) is 18.0 Å². The van der Waals surface area contributed by atoms with Crippen LogP contribution in [0.2, 0.25) is 0 Å². The molecule has 0 spiro atoms. The summed E-state index contributed by atoms with van der Waals surface area (Å²) in [5, 5.41) is 0. The zero-order chi connectivity index (χ0) is 15.5. The molecule has 0 radical (unpaired) electrons. The van der Waals surface area contributed by atoms with Gasteiger partial charge in [-0.3, -0.25) is 9.53 Å². The molecule has 2 aliphatic rings. The Morgan fingerprint density at radius 2 is 1.43 bits per heavy atom. The summed E-state index contributed by atoms with van der Waals surface area (Å²) in [5.74, 6) is 0.483. The summed E-state index contributed by atoms with van der Waals surface area (Å²) in [4.78, 5) is 12.0. The molecule has 0 N–H and O–H groups in total. The summed E-state index contributed by atoms with van der Waals surface area (Å²) in [7, 11) is 0. The van der Waals surface area contributed by atoms with Crippen molar-refractivity contribution in [3.63, 3.8) is 0 Å². The number of esters is 1. The fraction of sp³-hybridized carbons (Fsp3) is 0.933. The van der Waals surface area contributed by atoms with E-state index in [1.54, 1.807) is 0 Å². The van der Waals surface area contributed by atoms with Crippen molar-refractivity contribution in [2.24, 2.45) is 11.8 Å². The summed E-state index contributed by atoms with van der Waals surface area (Å²) in [6.45, 7) is 2.18. The minimum Gasteiger partial charge on any atom is -0.462 e. The zero-order valence-electron chi connectivity index (χ0n) is 12.3. The maximum Gasteiger partial charge on any atom is 0.522 e. The molecule has 0 amide bonds. The van der Waals surface area contributed by atoms with Crippen molar-refractivity contribution < 1.29 is 27.4 Å². The van der Waals surface area contributed by atoms with Crippen molar-refractivity contribution in [3.05, 3.63) is 0 Å². The van der Waals surface area contributed by atoms with Crippen LogP contribution in [0.4, 0.5) is 13.2 Å². The SMILES string of the molecule is CC1CCC(C(=O)OC2CCC(OC(F)(F)F)CC2)CC1. The molecule has 2 rings (SSSR count). The molecule has 2 saturated carbocycles. The van der Waals surface area contributed by atoms with Crippen molar-refractivity contribution in [1.82, 2.24) is 0 Å². The smallest absolute Gasteiger partial charge is 0.462 e. The topological polar surface area (TPSA) is 35.5 Å². The number of hydrogen-bond donors (Lipinski definition) is 0. The van der Waals surface area contributed by atoms with Gasteiger partial charge in [0.1, 0.15) is 6.10 Å². The highest BCUT2D eigenvalue weighted by molar-refractivity contribution is 5.72. The molecule has 0 saturated heterocycles. The van der Waals surface area contributed by atoms with Gasteiger partial charge in [0.2, 0.25) is 0 Å². The maximum atomic E-state index is 12.1. The lowest BCUT2D eigenvalue weighted by molar-refractivity contribution is -0.346. The molecule has 2 aliphatic carbocycles. The fourth-order valence-corrected chi connectivity index (χ4v) is 3.21. The van der Waals surface area contributed by atoms with Crippen LogP contribution in [0.1, 0.15) is 58.3 Å². The van der Waals surface area contributed by atoms with Crippen LogP contribution in [0.15, 0.2) is 0 Å². The highest BCUT2D eigenvalue weighted by Gasteiger charge is 2.36. The van der Waals surface area contributed by atoms with Gasteiger partial charge in [-0.15, -0.1) is 13.2 Å². The summed E-state index contributed by atoms with van der Waals surface area (Å²) in [6, 6.07) is 0. The highest BCUT2D eigenvalue weighted by Crippen LogP contribution is 2.32. The van der Waals surface area contributed by atoms with Crippen LogP contribution >= 0.6 is 0 Å². The molecule has 0 aromatic carbocycles. The second kappa shape index (κ2) is 6.99. The van der Waals surface area contributed by atoms with Gasteiger partial charge in [-0.1, -0.05) is 6.92 Å². The van der Waals surface area contributed by atoms with Crippen molar-refractivity contribution in [2.75, 3.05) is 0 Å². The number of carbonyl (C=O) groups excluding carboxylic acids is 1. The van der Waals surface area contributed by atoms with Gasteiger partial charge < -0.3 is 4.74 Å². The lowest BCUT2D eigenvalue weighted by atomic mass is 9.83. The highest BCUT2D eigenvalue weighted by atomic mass is 19.4. The van der Waals surface area contributed by atoms with Gasteiger partial charge in [0.15, 0.2) is 0 Å². The van der Waals surface area contributed by atoms with Gasteiger partial charge >= 0.3 is 12.3 Å². The lowest BCUT2D eigenvalue weighted by Gasteiger charge is -2.31. The van der Waals surface area contributed by atoms with Crippen LogP contribution in [0, 0.1) is 11.8 Å². The molecule has 122 valence electrons. The molecule has 0 heterocycles. The predicted octanol–water partition coefficient (Wildman–Crippen LogP) is 4.20. The second-order valence-electron chi connectivity index (χ2n) is 6.36. The third-order valence-electron chi connectivity index (χ3n) is 4.55. The van der Waals surface area contributed by atoms with Crippen LogP contribution in [0.5, 0.6) is 0 Å². The third-order valence-corrected chi connectivity index (χ3v) is 4.55. The lowest BCUT2D eigenvalue weighted by Crippen LogP contribution is -2.33. The minimum absolute atomic E-state index is 0.0228. The summed E-state index contributed by atoms with van der Waals surface area (Å²) in [6.07, 6.45) is -0.298. The van der Waals surface area contributed by atoms with Gasteiger partial charge in [0.05, 0.1) is 12.0 Å². The molecule has 0 aliphatic heterocycles. The van der Waals surface area contributed by atoms with Gasteiger partial charge in [-0.05, 0) is 57.3 Å². The van der Waals surface area contributed by atoms with E-state index in [1.165, 1.54) is 0 Å². The Balaban J connectivity index is 1.69. The molecule has 0 aromatic rings. The van der Waals surface area contributed by atoms with Gasteiger partial charge in [-0.2, -0.15) is 0 Å². The summed E-state index contributed by atoms with van der Waals surface area (Å²) in [5.41, 5.74) is 0. The first kappa shape index (κ1) is 16.6.